The average molecular weight is 407 g/mol. The van der Waals surface area contributed by atoms with Crippen LogP contribution in [0.15, 0.2) is 28.8 Å². The van der Waals surface area contributed by atoms with Crippen molar-refractivity contribution in [1.29, 1.82) is 0 Å². The molecule has 8 heteroatoms. The van der Waals surface area contributed by atoms with Gasteiger partial charge in [-0.15, -0.1) is 0 Å². The number of ketones is 1. The number of aryl methyl sites for hydroxylation is 1. The van der Waals surface area contributed by atoms with Crippen LogP contribution >= 0.6 is 0 Å². The molecule has 1 heterocycles. The number of carbonyl (C=O) groups is 2. The van der Waals surface area contributed by atoms with Crippen molar-refractivity contribution < 1.29 is 22.5 Å². The fraction of sp³-hybridized carbons (Fsp3) is 0.450. The number of nitrogens with zero attached hydrogens (tertiary/aromatic N) is 2. The molecule has 28 heavy (non-hydrogen) atoms. The highest BCUT2D eigenvalue weighted by Gasteiger charge is 2.20. The van der Waals surface area contributed by atoms with E-state index in [1.165, 1.54) is 11.8 Å². The number of Topliss-reactive ketones (excluding diaryl/α,β-unsaturated/α-hetero) is 1. The molecule has 0 radical (unpaired) electrons. The second-order valence-corrected chi connectivity index (χ2v) is 9.22. The average Bonchev–Trinajstić information content (AvgIpc) is 3.02. The number of hydrogen-bond donors (Lipinski definition) is 0. The zero-order valence-corrected chi connectivity index (χ0v) is 17.5. The van der Waals surface area contributed by atoms with E-state index in [2.05, 4.69) is 5.16 Å². The lowest BCUT2D eigenvalue weighted by atomic mass is 10.0. The SMILES string of the molecule is CCCc1noc(Cc2ccc(C(=O)N(C)CCS(C)(=O)=O)cc2)c1C(C)=O. The van der Waals surface area contributed by atoms with E-state index in [0.717, 1.165) is 18.2 Å². The smallest absolute Gasteiger partial charge is 0.253 e. The van der Waals surface area contributed by atoms with E-state index in [0.29, 0.717) is 35.4 Å². The van der Waals surface area contributed by atoms with Crippen LogP contribution in [-0.2, 0) is 22.7 Å². The summed E-state index contributed by atoms with van der Waals surface area (Å²) >= 11 is 0. The number of carbonyl (C=O) groups excluding carboxylic acids is 2. The third kappa shape index (κ3) is 5.76. The monoisotopic (exact) mass is 406 g/mol. The molecule has 0 unspecified atom stereocenters. The van der Waals surface area contributed by atoms with Gasteiger partial charge in [0.2, 0.25) is 0 Å². The molecule has 0 bridgehead atoms. The molecule has 0 aliphatic rings. The third-order valence-corrected chi connectivity index (χ3v) is 5.31. The van der Waals surface area contributed by atoms with Gasteiger partial charge in [-0.3, -0.25) is 9.59 Å². The maximum atomic E-state index is 12.4. The van der Waals surface area contributed by atoms with E-state index in [1.807, 2.05) is 6.92 Å². The first-order valence-corrected chi connectivity index (χ1v) is 11.2. The Hall–Kier alpha value is -2.48. The summed E-state index contributed by atoms with van der Waals surface area (Å²) < 4.78 is 27.9. The Balaban J connectivity index is 2.11. The summed E-state index contributed by atoms with van der Waals surface area (Å²) in [7, 11) is -1.55. The normalized spacial score (nSPS) is 11.4. The van der Waals surface area contributed by atoms with Crippen molar-refractivity contribution in [1.82, 2.24) is 10.1 Å². The highest BCUT2D eigenvalue weighted by molar-refractivity contribution is 7.90. The van der Waals surface area contributed by atoms with E-state index in [-0.39, 0.29) is 24.0 Å². The van der Waals surface area contributed by atoms with Crippen LogP contribution < -0.4 is 0 Å². The molecule has 0 aliphatic heterocycles. The molecule has 152 valence electrons. The lowest BCUT2D eigenvalue weighted by Crippen LogP contribution is -2.31. The quantitative estimate of drug-likeness (QED) is 0.594. The predicted molar refractivity (Wildman–Crippen MR) is 106 cm³/mol. The van der Waals surface area contributed by atoms with Gasteiger partial charge in [-0.2, -0.15) is 0 Å². The van der Waals surface area contributed by atoms with Crippen LogP contribution in [0.4, 0.5) is 0 Å². The number of hydrogen-bond acceptors (Lipinski definition) is 6. The van der Waals surface area contributed by atoms with E-state index >= 15 is 0 Å². The minimum atomic E-state index is -3.13. The second-order valence-electron chi connectivity index (χ2n) is 6.96. The van der Waals surface area contributed by atoms with Gasteiger partial charge in [0.05, 0.1) is 17.0 Å². The Morgan fingerprint density at radius 3 is 2.36 bits per heavy atom. The number of aromatic nitrogens is 1. The van der Waals surface area contributed by atoms with Gasteiger partial charge in [0, 0.05) is 31.8 Å². The fourth-order valence-electron chi connectivity index (χ4n) is 2.87. The zero-order valence-electron chi connectivity index (χ0n) is 16.7. The van der Waals surface area contributed by atoms with Crippen LogP contribution in [-0.4, -0.2) is 55.8 Å². The van der Waals surface area contributed by atoms with Crippen LogP contribution in [0, 0.1) is 0 Å². The standard InChI is InChI=1S/C20H26N2O5S/c1-5-6-17-19(14(2)23)18(27-21-17)13-15-7-9-16(10-8-15)20(24)22(3)11-12-28(4,25)26/h7-10H,5-6,11-13H2,1-4H3. The minimum Gasteiger partial charge on any atom is -0.360 e. The molecule has 0 aliphatic carbocycles. The van der Waals surface area contributed by atoms with Gasteiger partial charge in [0.1, 0.15) is 9.84 Å². The van der Waals surface area contributed by atoms with E-state index in [4.69, 9.17) is 4.52 Å². The van der Waals surface area contributed by atoms with Crippen molar-refractivity contribution in [3.8, 4) is 0 Å². The molecule has 0 saturated heterocycles. The third-order valence-electron chi connectivity index (χ3n) is 4.38. The summed E-state index contributed by atoms with van der Waals surface area (Å²) in [6.07, 6.45) is 3.11. The molecule has 0 atom stereocenters. The topological polar surface area (TPSA) is 97.6 Å². The van der Waals surface area contributed by atoms with Crippen molar-refractivity contribution in [2.45, 2.75) is 33.1 Å². The van der Waals surface area contributed by atoms with Crippen LogP contribution in [0.1, 0.15) is 58.0 Å². The highest BCUT2D eigenvalue weighted by atomic mass is 32.2. The Kier molecular flexibility index (Phi) is 7.12. The van der Waals surface area contributed by atoms with E-state index in [9.17, 15) is 18.0 Å². The summed E-state index contributed by atoms with van der Waals surface area (Å²) in [4.78, 5) is 25.8. The van der Waals surface area contributed by atoms with Gasteiger partial charge in [-0.25, -0.2) is 8.42 Å². The second kappa shape index (κ2) is 9.14. The Bertz CT molecular complexity index is 945. The lowest BCUT2D eigenvalue weighted by Gasteiger charge is -2.16. The molecule has 0 N–H and O–H groups in total. The summed E-state index contributed by atoms with van der Waals surface area (Å²) in [5.74, 6) is 0.135. The number of benzene rings is 1. The van der Waals surface area contributed by atoms with Crippen molar-refractivity contribution in [2.24, 2.45) is 0 Å². The van der Waals surface area contributed by atoms with Crippen molar-refractivity contribution in [3.05, 3.63) is 52.4 Å². The molecule has 0 saturated carbocycles. The summed E-state index contributed by atoms with van der Waals surface area (Å²) in [6.45, 7) is 3.66. The molecular formula is C20H26N2O5S. The number of rotatable bonds is 9. The lowest BCUT2D eigenvalue weighted by molar-refractivity contribution is 0.0803. The summed E-state index contributed by atoms with van der Waals surface area (Å²) in [5, 5.41) is 4.03. The molecule has 1 amide bonds. The maximum Gasteiger partial charge on any atom is 0.253 e. The summed E-state index contributed by atoms with van der Waals surface area (Å²) in [6, 6.07) is 6.96. The molecule has 2 rings (SSSR count). The van der Waals surface area contributed by atoms with Crippen molar-refractivity contribution in [3.63, 3.8) is 0 Å². The maximum absolute atomic E-state index is 12.4. The Morgan fingerprint density at radius 2 is 1.82 bits per heavy atom. The van der Waals surface area contributed by atoms with Crippen molar-refractivity contribution >= 4 is 21.5 Å². The molecule has 1 aromatic heterocycles. The van der Waals surface area contributed by atoms with E-state index < -0.39 is 9.84 Å². The van der Waals surface area contributed by atoms with Gasteiger partial charge < -0.3 is 9.42 Å². The van der Waals surface area contributed by atoms with Crippen LogP contribution in [0.3, 0.4) is 0 Å². The molecule has 0 fully saturated rings. The number of sulfone groups is 1. The van der Waals surface area contributed by atoms with E-state index in [1.54, 1.807) is 31.3 Å². The summed E-state index contributed by atoms with van der Waals surface area (Å²) in [5.41, 5.74) is 2.58. The first kappa shape index (κ1) is 21.8. The van der Waals surface area contributed by atoms with Crippen LogP contribution in [0.5, 0.6) is 0 Å². The van der Waals surface area contributed by atoms with Crippen LogP contribution in [0.2, 0.25) is 0 Å². The fourth-order valence-corrected chi connectivity index (χ4v) is 3.47. The minimum absolute atomic E-state index is 0.0704. The molecular weight excluding hydrogens is 380 g/mol. The van der Waals surface area contributed by atoms with Gasteiger partial charge in [0.25, 0.3) is 5.91 Å². The molecule has 2 aromatic rings. The first-order valence-electron chi connectivity index (χ1n) is 9.12. The number of amides is 1. The molecule has 1 aromatic carbocycles. The van der Waals surface area contributed by atoms with Crippen molar-refractivity contribution in [2.75, 3.05) is 25.6 Å². The largest absolute Gasteiger partial charge is 0.360 e. The molecule has 0 spiro atoms. The Labute approximate surface area is 165 Å². The van der Waals surface area contributed by atoms with Gasteiger partial charge in [0.15, 0.2) is 11.5 Å². The first-order chi connectivity index (χ1) is 13.1. The van der Waals surface area contributed by atoms with Gasteiger partial charge in [-0.1, -0.05) is 30.6 Å². The van der Waals surface area contributed by atoms with Gasteiger partial charge >= 0.3 is 0 Å². The Morgan fingerprint density at radius 1 is 1.18 bits per heavy atom. The highest BCUT2D eigenvalue weighted by Crippen LogP contribution is 2.20. The predicted octanol–water partition coefficient (Wildman–Crippen LogP) is 2.54. The van der Waals surface area contributed by atoms with Crippen LogP contribution in [0.25, 0.3) is 0 Å². The molecule has 7 nitrogen and oxygen atoms in total. The zero-order chi connectivity index (χ0) is 20.9. The van der Waals surface area contributed by atoms with Gasteiger partial charge in [-0.05, 0) is 31.0 Å².